The van der Waals surface area contributed by atoms with Gasteiger partial charge in [-0.1, -0.05) is 29.8 Å². The molecule has 0 aliphatic carbocycles. The number of ether oxygens (including phenoxy) is 2. The average molecular weight is 546 g/mol. The number of carbonyl (C=O) groups is 1. The Morgan fingerprint density at radius 3 is 2.44 bits per heavy atom. The minimum absolute atomic E-state index is 0.00781. The van der Waals surface area contributed by atoms with Gasteiger partial charge in [0.05, 0.1) is 35.5 Å². The second-order valence-electron chi connectivity index (χ2n) is 7.21. The normalized spacial score (nSPS) is 11.3. The molecule has 3 aromatic rings. The first-order valence-electron chi connectivity index (χ1n) is 10.1. The Kier molecular flexibility index (Phi) is 8.30. The van der Waals surface area contributed by atoms with Crippen LogP contribution in [0.4, 0.5) is 5.69 Å². The monoisotopic (exact) mass is 545 g/mol. The number of rotatable bonds is 9. The smallest absolute Gasteiger partial charge is 0.264 e. The number of hydrogen-bond donors (Lipinski definition) is 1. The maximum atomic E-state index is 13.5. The highest BCUT2D eigenvalue weighted by atomic mass is 79.9. The molecule has 0 aliphatic rings. The number of aryl methyl sites for hydroxylation is 1. The van der Waals surface area contributed by atoms with Gasteiger partial charge >= 0.3 is 0 Å². The zero-order chi connectivity index (χ0) is 24.7. The first-order chi connectivity index (χ1) is 16.2. The molecule has 178 valence electrons. The van der Waals surface area contributed by atoms with Crippen LogP contribution < -0.4 is 19.2 Å². The molecule has 0 aromatic heterocycles. The predicted octanol–water partition coefficient (Wildman–Crippen LogP) is 4.12. The number of carbonyl (C=O) groups excluding carboxylic acids is 1. The third-order valence-corrected chi connectivity index (χ3v) is 7.21. The molecule has 0 bridgehead atoms. The van der Waals surface area contributed by atoms with Crippen molar-refractivity contribution < 1.29 is 22.7 Å². The first-order valence-corrected chi connectivity index (χ1v) is 12.4. The van der Waals surface area contributed by atoms with Crippen molar-refractivity contribution in [1.29, 1.82) is 0 Å². The van der Waals surface area contributed by atoms with Gasteiger partial charge in [0.1, 0.15) is 18.0 Å². The minimum atomic E-state index is -4.08. The summed E-state index contributed by atoms with van der Waals surface area (Å²) in [5.74, 6) is 0.541. The SMILES string of the molecule is COc1cccc(/C=N\NC(=O)CN(c2ccc(C)cc2)S(=O)(=O)c2ccc(OC)c(Br)c2)c1. The molecule has 0 fully saturated rings. The second kappa shape index (κ2) is 11.2. The highest BCUT2D eigenvalue weighted by Gasteiger charge is 2.28. The van der Waals surface area contributed by atoms with Gasteiger partial charge in [0.15, 0.2) is 0 Å². The number of amides is 1. The molecule has 0 aliphatic heterocycles. The summed E-state index contributed by atoms with van der Waals surface area (Å²) in [6.45, 7) is 1.42. The minimum Gasteiger partial charge on any atom is -0.497 e. The van der Waals surface area contributed by atoms with Gasteiger partial charge in [0.2, 0.25) is 0 Å². The molecule has 3 aromatic carbocycles. The van der Waals surface area contributed by atoms with Gasteiger partial charge in [-0.2, -0.15) is 5.10 Å². The third kappa shape index (κ3) is 6.15. The lowest BCUT2D eigenvalue weighted by atomic mass is 10.2. The summed E-state index contributed by atoms with van der Waals surface area (Å²) in [6.07, 6.45) is 1.45. The van der Waals surface area contributed by atoms with E-state index in [1.807, 2.05) is 6.92 Å². The molecule has 8 nitrogen and oxygen atoms in total. The average Bonchev–Trinajstić information content (AvgIpc) is 2.83. The summed E-state index contributed by atoms with van der Waals surface area (Å²) in [7, 11) is -1.03. The largest absolute Gasteiger partial charge is 0.497 e. The van der Waals surface area contributed by atoms with E-state index in [1.165, 1.54) is 25.5 Å². The lowest BCUT2D eigenvalue weighted by molar-refractivity contribution is -0.119. The van der Waals surface area contributed by atoms with E-state index in [0.717, 1.165) is 9.87 Å². The lowest BCUT2D eigenvalue weighted by Crippen LogP contribution is -2.39. The van der Waals surface area contributed by atoms with Crippen LogP contribution in [0.25, 0.3) is 0 Å². The van der Waals surface area contributed by atoms with Crippen LogP contribution in [0, 0.1) is 6.92 Å². The molecule has 0 spiro atoms. The van der Waals surface area contributed by atoms with Gasteiger partial charge < -0.3 is 9.47 Å². The number of hydrazone groups is 1. The molecule has 0 heterocycles. The molecule has 1 amide bonds. The van der Waals surface area contributed by atoms with Crippen molar-refractivity contribution in [3.05, 3.63) is 82.3 Å². The maximum Gasteiger partial charge on any atom is 0.264 e. The van der Waals surface area contributed by atoms with Crippen LogP contribution in [0.5, 0.6) is 11.5 Å². The molecule has 0 unspecified atom stereocenters. The molecule has 1 N–H and O–H groups in total. The molecular weight excluding hydrogens is 522 g/mol. The van der Waals surface area contributed by atoms with Gasteiger partial charge in [-0.3, -0.25) is 9.10 Å². The van der Waals surface area contributed by atoms with Gasteiger partial charge in [0, 0.05) is 0 Å². The van der Waals surface area contributed by atoms with Crippen molar-refractivity contribution in [3.63, 3.8) is 0 Å². The van der Waals surface area contributed by atoms with Crippen LogP contribution in [-0.4, -0.2) is 41.3 Å². The zero-order valence-corrected chi connectivity index (χ0v) is 21.3. The van der Waals surface area contributed by atoms with Crippen LogP contribution in [0.3, 0.4) is 0 Å². The molecule has 0 saturated carbocycles. The topological polar surface area (TPSA) is 97.3 Å². The zero-order valence-electron chi connectivity index (χ0n) is 18.9. The van der Waals surface area contributed by atoms with E-state index >= 15 is 0 Å². The van der Waals surface area contributed by atoms with Crippen molar-refractivity contribution >= 4 is 43.8 Å². The molecule has 10 heteroatoms. The summed E-state index contributed by atoms with van der Waals surface area (Å²) in [5, 5.41) is 3.94. The fraction of sp³-hybridized carbons (Fsp3) is 0.167. The quantitative estimate of drug-likeness (QED) is 0.322. The van der Waals surface area contributed by atoms with E-state index in [9.17, 15) is 13.2 Å². The number of sulfonamides is 1. The summed E-state index contributed by atoms with van der Waals surface area (Å²) < 4.78 is 38.9. The van der Waals surface area contributed by atoms with Crippen molar-refractivity contribution in [1.82, 2.24) is 5.43 Å². The number of nitrogens with zero attached hydrogens (tertiary/aromatic N) is 2. The van der Waals surface area contributed by atoms with E-state index in [2.05, 4.69) is 26.5 Å². The van der Waals surface area contributed by atoms with E-state index < -0.39 is 22.5 Å². The summed E-state index contributed by atoms with van der Waals surface area (Å²) >= 11 is 3.32. The Hall–Kier alpha value is -3.37. The van der Waals surface area contributed by atoms with Crippen LogP contribution in [0.2, 0.25) is 0 Å². The Bertz CT molecular complexity index is 1290. The van der Waals surface area contributed by atoms with Crippen LogP contribution in [0.1, 0.15) is 11.1 Å². The molecule has 0 atom stereocenters. The van der Waals surface area contributed by atoms with Gasteiger partial charge in [-0.05, 0) is 70.9 Å². The number of hydrogen-bond acceptors (Lipinski definition) is 6. The van der Waals surface area contributed by atoms with E-state index in [4.69, 9.17) is 9.47 Å². The Morgan fingerprint density at radius 2 is 1.79 bits per heavy atom. The Balaban J connectivity index is 1.86. The first kappa shape index (κ1) is 25.3. The summed E-state index contributed by atoms with van der Waals surface area (Å²) in [4.78, 5) is 12.7. The molecular formula is C24H24BrN3O5S. The molecule has 34 heavy (non-hydrogen) atoms. The third-order valence-electron chi connectivity index (χ3n) is 4.82. The van der Waals surface area contributed by atoms with Crippen LogP contribution in [-0.2, 0) is 14.8 Å². The standard InChI is InChI=1S/C24H24BrN3O5S/c1-17-7-9-19(10-8-17)28(34(30,31)21-11-12-23(33-3)22(25)14-21)16-24(29)27-26-15-18-5-4-6-20(13-18)32-2/h4-15H,16H2,1-3H3,(H,27,29)/b26-15-. The lowest BCUT2D eigenvalue weighted by Gasteiger charge is -2.24. The van der Waals surface area contributed by atoms with E-state index in [0.29, 0.717) is 27.2 Å². The number of anilines is 1. The number of benzene rings is 3. The van der Waals surface area contributed by atoms with Crippen molar-refractivity contribution in [2.24, 2.45) is 5.10 Å². The van der Waals surface area contributed by atoms with Crippen LogP contribution >= 0.6 is 15.9 Å². The summed E-state index contributed by atoms with van der Waals surface area (Å²) in [6, 6.07) is 18.4. The number of nitrogens with one attached hydrogen (secondary N) is 1. The van der Waals surface area contributed by atoms with Crippen molar-refractivity contribution in [2.45, 2.75) is 11.8 Å². The van der Waals surface area contributed by atoms with E-state index in [-0.39, 0.29) is 4.90 Å². The molecule has 0 saturated heterocycles. The second-order valence-corrected chi connectivity index (χ2v) is 9.93. The number of methoxy groups -OCH3 is 2. The van der Waals surface area contributed by atoms with E-state index in [1.54, 1.807) is 61.7 Å². The Morgan fingerprint density at radius 1 is 1.06 bits per heavy atom. The fourth-order valence-corrected chi connectivity index (χ4v) is 5.17. The van der Waals surface area contributed by atoms with Gasteiger partial charge in [-0.25, -0.2) is 13.8 Å². The van der Waals surface area contributed by atoms with Crippen molar-refractivity contribution in [3.8, 4) is 11.5 Å². The molecule has 3 rings (SSSR count). The number of halogens is 1. The maximum absolute atomic E-state index is 13.5. The highest BCUT2D eigenvalue weighted by Crippen LogP contribution is 2.30. The summed E-state index contributed by atoms with van der Waals surface area (Å²) in [5.41, 5.74) is 4.41. The molecule has 0 radical (unpaired) electrons. The van der Waals surface area contributed by atoms with Crippen molar-refractivity contribution in [2.75, 3.05) is 25.1 Å². The highest BCUT2D eigenvalue weighted by molar-refractivity contribution is 9.10. The van der Waals surface area contributed by atoms with Gasteiger partial charge in [0.25, 0.3) is 15.9 Å². The van der Waals surface area contributed by atoms with Crippen LogP contribution in [0.15, 0.2) is 81.2 Å². The Labute approximate surface area is 207 Å². The van der Waals surface area contributed by atoms with Gasteiger partial charge in [-0.15, -0.1) is 0 Å². The predicted molar refractivity (Wildman–Crippen MR) is 135 cm³/mol. The fourth-order valence-electron chi connectivity index (χ4n) is 3.03.